The lowest BCUT2D eigenvalue weighted by molar-refractivity contribution is -0.399. The first-order valence-corrected chi connectivity index (χ1v) is 4.01. The summed E-state index contributed by atoms with van der Waals surface area (Å²) in [5.41, 5.74) is 0. The summed E-state index contributed by atoms with van der Waals surface area (Å²) in [7, 11) is 0. The molecule has 0 aromatic heterocycles. The molecular weight excluding hydrogens is 293 g/mol. The van der Waals surface area contributed by atoms with Crippen LogP contribution in [0.2, 0.25) is 0 Å². The highest BCUT2D eigenvalue weighted by Crippen LogP contribution is 2.56. The van der Waals surface area contributed by atoms with E-state index in [1.165, 1.54) is 0 Å². The number of hydrogen-bond donors (Lipinski definition) is 0. The van der Waals surface area contributed by atoms with Crippen LogP contribution in [-0.2, 0) is 0 Å². The van der Waals surface area contributed by atoms with Gasteiger partial charge in [0.25, 0.3) is 0 Å². The van der Waals surface area contributed by atoms with E-state index >= 15 is 0 Å². The highest BCUT2D eigenvalue weighted by atomic mass is 19.4. The molecule has 0 nitrogen and oxygen atoms in total. The summed E-state index contributed by atoms with van der Waals surface area (Å²) in [5, 5.41) is 0. The third-order valence-electron chi connectivity index (χ3n) is 1.97. The first-order valence-electron chi connectivity index (χ1n) is 4.01. The van der Waals surface area contributed by atoms with Crippen LogP contribution >= 0.6 is 0 Å². The lowest BCUT2D eigenvalue weighted by Crippen LogP contribution is -2.67. The lowest BCUT2D eigenvalue weighted by atomic mass is 9.95. The molecule has 0 heterocycles. The number of halogens is 11. The molecule has 0 spiro atoms. The zero-order chi connectivity index (χ0) is 15.2. The summed E-state index contributed by atoms with van der Waals surface area (Å²) >= 11 is 0. The molecule has 0 amide bonds. The summed E-state index contributed by atoms with van der Waals surface area (Å²) in [4.78, 5) is 0. The Morgan fingerprint density at radius 3 is 1.17 bits per heavy atom. The number of hydrogen-bond acceptors (Lipinski definition) is 0. The predicted octanol–water partition coefficient (Wildman–Crippen LogP) is 4.15. The van der Waals surface area contributed by atoms with Crippen molar-refractivity contribution in [2.45, 2.75) is 36.5 Å². The van der Waals surface area contributed by atoms with E-state index in [0.29, 0.717) is 0 Å². The normalized spacial score (nSPS) is 16.0. The van der Waals surface area contributed by atoms with Crippen LogP contribution < -0.4 is 0 Å². The van der Waals surface area contributed by atoms with Crippen molar-refractivity contribution in [1.82, 2.24) is 0 Å². The Hall–Kier alpha value is -0.770. The monoisotopic (exact) mass is 298 g/mol. The zero-order valence-corrected chi connectivity index (χ0v) is 8.36. The van der Waals surface area contributed by atoms with E-state index in [1.54, 1.807) is 0 Å². The highest BCUT2D eigenvalue weighted by Gasteiger charge is 2.85. The largest absolute Gasteiger partial charge is 0.384 e. The van der Waals surface area contributed by atoms with Gasteiger partial charge in [-0.3, -0.25) is 0 Å². The fraction of sp³-hybridized carbons (Fsp3) is 1.00. The van der Waals surface area contributed by atoms with Crippen molar-refractivity contribution in [2.75, 3.05) is 6.67 Å². The van der Waals surface area contributed by atoms with Crippen molar-refractivity contribution in [3.05, 3.63) is 0 Å². The lowest BCUT2D eigenvalue weighted by Gasteiger charge is -2.37. The quantitative estimate of drug-likeness (QED) is 0.669. The third kappa shape index (κ3) is 2.11. The third-order valence-corrected chi connectivity index (χ3v) is 1.97. The molecule has 110 valence electrons. The summed E-state index contributed by atoms with van der Waals surface area (Å²) in [6, 6.07) is 0. The van der Waals surface area contributed by atoms with Gasteiger partial charge >= 0.3 is 29.6 Å². The Bertz CT molecular complexity index is 299. The van der Waals surface area contributed by atoms with Crippen LogP contribution in [0.15, 0.2) is 0 Å². The minimum absolute atomic E-state index is 0.857. The van der Waals surface area contributed by atoms with Gasteiger partial charge in [-0.25, -0.2) is 4.39 Å². The van der Waals surface area contributed by atoms with Crippen molar-refractivity contribution < 1.29 is 48.3 Å². The first-order chi connectivity index (χ1) is 7.56. The maximum absolute atomic E-state index is 12.5. The second kappa shape index (κ2) is 4.12. The summed E-state index contributed by atoms with van der Waals surface area (Å²) in [6.45, 7) is -4.27. The fourth-order valence-electron chi connectivity index (χ4n) is 0.786. The van der Waals surface area contributed by atoms with Crippen molar-refractivity contribution in [2.24, 2.45) is 0 Å². The molecule has 0 unspecified atom stereocenters. The van der Waals surface area contributed by atoms with E-state index in [-0.39, 0.29) is 0 Å². The molecule has 11 heteroatoms. The molecule has 18 heavy (non-hydrogen) atoms. The molecule has 0 aromatic rings. The smallest absolute Gasteiger partial charge is 0.244 e. The summed E-state index contributed by atoms with van der Waals surface area (Å²) < 4.78 is 135. The molecule has 0 bridgehead atoms. The van der Waals surface area contributed by atoms with Gasteiger partial charge in [0.1, 0.15) is 0 Å². The van der Waals surface area contributed by atoms with E-state index in [2.05, 4.69) is 0 Å². The van der Waals surface area contributed by atoms with Gasteiger partial charge in [0.15, 0.2) is 6.67 Å². The van der Waals surface area contributed by atoms with Crippen LogP contribution in [0.4, 0.5) is 48.3 Å². The van der Waals surface area contributed by atoms with Crippen LogP contribution in [-0.4, -0.2) is 36.3 Å². The van der Waals surface area contributed by atoms with Crippen LogP contribution in [0.1, 0.15) is 6.92 Å². The van der Waals surface area contributed by atoms with Crippen molar-refractivity contribution >= 4 is 0 Å². The molecule has 0 radical (unpaired) electrons. The highest BCUT2D eigenvalue weighted by molar-refractivity contribution is 5.07. The van der Waals surface area contributed by atoms with E-state index in [1.807, 2.05) is 0 Å². The van der Waals surface area contributed by atoms with Crippen LogP contribution in [0.3, 0.4) is 0 Å². The Kier molecular flexibility index (Phi) is 3.94. The van der Waals surface area contributed by atoms with Crippen LogP contribution in [0.25, 0.3) is 0 Å². The average molecular weight is 298 g/mol. The summed E-state index contributed by atoms with van der Waals surface area (Å²) in [6.07, 6.45) is 0. The molecule has 0 aromatic carbocycles. The topological polar surface area (TPSA) is 0 Å². The van der Waals surface area contributed by atoms with Gasteiger partial charge in [-0.05, 0) is 0 Å². The van der Waals surface area contributed by atoms with E-state index in [9.17, 15) is 48.3 Å². The Labute approximate surface area is 92.7 Å². The van der Waals surface area contributed by atoms with Gasteiger partial charge in [-0.15, -0.1) is 0 Å². The van der Waals surface area contributed by atoms with Gasteiger partial charge < -0.3 is 0 Å². The van der Waals surface area contributed by atoms with Crippen molar-refractivity contribution in [3.8, 4) is 0 Å². The molecule has 0 rings (SSSR count). The molecule has 0 aliphatic rings. The van der Waals surface area contributed by atoms with Gasteiger partial charge in [0.05, 0.1) is 0 Å². The minimum atomic E-state index is -7.14. The predicted molar refractivity (Wildman–Crippen MR) is 36.4 cm³/mol. The summed E-state index contributed by atoms with van der Waals surface area (Å²) in [5.74, 6) is -32.9. The second-order valence-electron chi connectivity index (χ2n) is 3.45. The molecule has 0 N–H and O–H groups in total. The first kappa shape index (κ1) is 17.2. The Morgan fingerprint density at radius 1 is 0.611 bits per heavy atom. The van der Waals surface area contributed by atoms with E-state index < -0.39 is 43.2 Å². The van der Waals surface area contributed by atoms with Gasteiger partial charge in [0, 0.05) is 6.92 Å². The Balaban J connectivity index is 5.80. The van der Waals surface area contributed by atoms with E-state index in [0.717, 1.165) is 0 Å². The molecule has 0 atom stereocenters. The zero-order valence-electron chi connectivity index (χ0n) is 8.36. The Morgan fingerprint density at radius 2 is 0.944 bits per heavy atom. The molecule has 0 fully saturated rings. The number of rotatable bonds is 5. The molecule has 0 aliphatic carbocycles. The van der Waals surface area contributed by atoms with Crippen molar-refractivity contribution in [1.29, 1.82) is 0 Å². The van der Waals surface area contributed by atoms with E-state index in [4.69, 9.17) is 0 Å². The SMILES string of the molecule is CC(F)(F)C(F)(F)C(F)(F)C(F)(F)C(F)(F)CF. The van der Waals surface area contributed by atoms with Gasteiger partial charge in [0.2, 0.25) is 0 Å². The van der Waals surface area contributed by atoms with Gasteiger partial charge in [-0.1, -0.05) is 0 Å². The standard InChI is InChI=1S/C7H5F11/c1-3(9,10)5(13,14)7(17,18)6(15,16)4(11,12)2-8/h2H2,1H3. The van der Waals surface area contributed by atoms with Gasteiger partial charge in [-0.2, -0.15) is 43.9 Å². The molecule has 0 aliphatic heterocycles. The number of alkyl halides is 11. The minimum Gasteiger partial charge on any atom is -0.244 e. The van der Waals surface area contributed by atoms with Crippen molar-refractivity contribution in [3.63, 3.8) is 0 Å². The van der Waals surface area contributed by atoms with Crippen LogP contribution in [0, 0.1) is 0 Å². The second-order valence-corrected chi connectivity index (χ2v) is 3.45. The van der Waals surface area contributed by atoms with Crippen LogP contribution in [0.5, 0.6) is 0 Å². The maximum Gasteiger partial charge on any atom is 0.384 e. The fourth-order valence-corrected chi connectivity index (χ4v) is 0.786. The average Bonchev–Trinajstić information content (AvgIpc) is 2.15. The molecular formula is C7H5F11. The molecule has 0 saturated heterocycles. The molecule has 0 saturated carbocycles. The maximum atomic E-state index is 12.5.